The summed E-state index contributed by atoms with van der Waals surface area (Å²) in [5.74, 6) is 0.501. The monoisotopic (exact) mass is 1090 g/mol. The molecule has 0 aromatic heterocycles. The van der Waals surface area contributed by atoms with Crippen LogP contribution in [0, 0.1) is 0 Å². The molecular weight excluding hydrogens is 1010 g/mol. The number of fused-ring (bicyclic) bond motifs is 2. The van der Waals surface area contributed by atoms with E-state index < -0.39 is 31.1 Å². The molecule has 17 heteroatoms. The van der Waals surface area contributed by atoms with E-state index in [-0.39, 0.29) is 28.0 Å². The molecule has 4 N–H and O–H groups in total. The average molecular weight is 1090 g/mol. The highest BCUT2D eigenvalue weighted by atomic mass is 32.2. The fraction of sp³-hybridized carbons (Fsp3) is 0.367. The predicted octanol–water partition coefficient (Wildman–Crippen LogP) is 9.17. The summed E-state index contributed by atoms with van der Waals surface area (Å²) in [5, 5.41) is 5.79. The Balaban J connectivity index is 0.873. The Labute approximate surface area is 455 Å². The minimum atomic E-state index is -4.46. The number of anilines is 2. The van der Waals surface area contributed by atoms with Gasteiger partial charge in [0.05, 0.1) is 21.8 Å². The number of carbonyl (C=O) groups is 2. The van der Waals surface area contributed by atoms with E-state index in [1.807, 2.05) is 93.2 Å². The summed E-state index contributed by atoms with van der Waals surface area (Å²) in [5.41, 5.74) is 10.4. The summed E-state index contributed by atoms with van der Waals surface area (Å²) in [6, 6.07) is 25.9. The van der Waals surface area contributed by atoms with E-state index in [1.54, 1.807) is 12.1 Å². The van der Waals surface area contributed by atoms with Gasteiger partial charge in [-0.25, -0.2) is 4.58 Å². The third-order valence-corrected chi connectivity index (χ3v) is 16.2. The lowest BCUT2D eigenvalue weighted by molar-refractivity contribution is -0.462. The van der Waals surface area contributed by atoms with Crippen LogP contribution in [0.25, 0.3) is 5.57 Å². The first-order valence-corrected chi connectivity index (χ1v) is 29.0. The molecular formula is C60H74N6O9S2+2. The molecule has 0 spiro atoms. The lowest BCUT2D eigenvalue weighted by Crippen LogP contribution is -2.34. The smallest absolute Gasteiger partial charge is 0.294 e. The van der Waals surface area contributed by atoms with E-state index in [2.05, 4.69) is 90.3 Å². The van der Waals surface area contributed by atoms with Crippen molar-refractivity contribution in [3.05, 3.63) is 161 Å². The van der Waals surface area contributed by atoms with Gasteiger partial charge in [0.25, 0.3) is 20.2 Å². The molecule has 0 saturated heterocycles. The van der Waals surface area contributed by atoms with Gasteiger partial charge in [0.2, 0.25) is 17.5 Å². The Hall–Kier alpha value is -6.92. The zero-order chi connectivity index (χ0) is 55.9. The van der Waals surface area contributed by atoms with Crippen LogP contribution in [0.1, 0.15) is 95.4 Å². The van der Waals surface area contributed by atoms with Gasteiger partial charge in [-0.15, -0.1) is 0 Å². The molecule has 2 heterocycles. The van der Waals surface area contributed by atoms with Gasteiger partial charge in [-0.3, -0.25) is 18.7 Å². The SMILES string of the molecule is CCN1/C(=C\C=C\C2=[N+](CCCCCC(=O)NCCNC(=O)CCCOc3ccc(C(=C4C=CC(=[N+](C)C)C=C4)c4ccc(N(C)C)cc4)cc3)c3ccc(S(=O)(=O)O)cc3C2(C)C)C(C)(C)c2cc(S(=O)(=O)O)ccc21. The molecule has 2 aliphatic heterocycles. The standard InChI is InChI=1S/C60H72N6O9S2/c1-10-65-52-34-32-48(76(69,70)71)40-50(52)59(2,3)54(65)16-14-17-55-60(4,5)51-41-49(77(72,73)74)33-35-53(51)66(55)38-13-11-12-18-56(67)61-36-37-62-57(68)19-15-39-75-47-30-24-44(25-31-47)58(42-20-26-45(27-21-42)63(6)7)43-22-28-46(29-23-43)64(8)9/h14,16-17,20-35,40-41H,10-13,15,18-19,36-39H2,1-9H3,(H2-2,61,62,67,68,69,70,71,72,73,74)/p+2. The van der Waals surface area contributed by atoms with Crippen LogP contribution in [-0.2, 0) is 40.7 Å². The maximum absolute atomic E-state index is 12.8. The molecule has 15 nitrogen and oxygen atoms in total. The average Bonchev–Trinajstić information content (AvgIpc) is 3.82. The Morgan fingerprint density at radius 3 is 1.87 bits per heavy atom. The van der Waals surface area contributed by atoms with Crippen LogP contribution in [0.15, 0.2) is 149 Å². The minimum Gasteiger partial charge on any atom is -0.494 e. The van der Waals surface area contributed by atoms with Gasteiger partial charge in [-0.1, -0.05) is 44.2 Å². The van der Waals surface area contributed by atoms with Gasteiger partial charge in [-0.2, -0.15) is 21.4 Å². The third-order valence-electron chi connectivity index (χ3n) is 14.5. The molecule has 2 amide bonds. The van der Waals surface area contributed by atoms with Gasteiger partial charge in [0.15, 0.2) is 11.4 Å². The molecule has 4 aromatic carbocycles. The van der Waals surface area contributed by atoms with Gasteiger partial charge < -0.3 is 25.2 Å². The van der Waals surface area contributed by atoms with Crippen molar-refractivity contribution in [2.45, 2.75) is 93.8 Å². The molecule has 7 rings (SSSR count). The maximum Gasteiger partial charge on any atom is 0.294 e. The molecule has 0 fully saturated rings. The number of unbranched alkanes of at least 4 members (excludes halogenated alkanes) is 2. The molecule has 1 aliphatic carbocycles. The zero-order valence-corrected chi connectivity index (χ0v) is 47.4. The summed E-state index contributed by atoms with van der Waals surface area (Å²) < 4.78 is 78.5. The first-order chi connectivity index (χ1) is 36.4. The number of carbonyl (C=O) groups excluding carboxylic acids is 2. The van der Waals surface area contributed by atoms with Crippen LogP contribution in [0.2, 0.25) is 0 Å². The Morgan fingerprint density at radius 2 is 1.30 bits per heavy atom. The second-order valence-electron chi connectivity index (χ2n) is 21.0. The highest BCUT2D eigenvalue weighted by Gasteiger charge is 2.45. The van der Waals surface area contributed by atoms with Crippen LogP contribution in [-0.4, -0.2) is 119 Å². The lowest BCUT2D eigenvalue weighted by Gasteiger charge is -2.25. The van der Waals surface area contributed by atoms with E-state index in [0.29, 0.717) is 52.0 Å². The van der Waals surface area contributed by atoms with E-state index in [9.17, 15) is 35.5 Å². The van der Waals surface area contributed by atoms with Crippen molar-refractivity contribution >= 4 is 66.1 Å². The highest BCUT2D eigenvalue weighted by Crippen LogP contribution is 2.48. The zero-order valence-electron chi connectivity index (χ0n) is 45.8. The van der Waals surface area contributed by atoms with Gasteiger partial charge in [0.1, 0.15) is 26.4 Å². The summed E-state index contributed by atoms with van der Waals surface area (Å²) >= 11 is 0. The van der Waals surface area contributed by atoms with Crippen molar-refractivity contribution in [3.63, 3.8) is 0 Å². The van der Waals surface area contributed by atoms with Crippen LogP contribution in [0.3, 0.4) is 0 Å². The number of rotatable bonds is 22. The number of nitrogens with one attached hydrogen (secondary N) is 2. The van der Waals surface area contributed by atoms with Crippen molar-refractivity contribution in [3.8, 4) is 5.75 Å². The van der Waals surface area contributed by atoms with Gasteiger partial charge >= 0.3 is 0 Å². The van der Waals surface area contributed by atoms with Gasteiger partial charge in [-0.05, 0) is 141 Å². The van der Waals surface area contributed by atoms with E-state index >= 15 is 0 Å². The number of allylic oxidation sites excluding steroid dienone is 9. The Morgan fingerprint density at radius 1 is 0.727 bits per heavy atom. The normalized spacial score (nSPS) is 16.0. The first kappa shape index (κ1) is 57.8. The van der Waals surface area contributed by atoms with Crippen molar-refractivity contribution < 1.29 is 49.4 Å². The molecule has 0 bridgehead atoms. The van der Waals surface area contributed by atoms with E-state index in [4.69, 9.17) is 4.74 Å². The fourth-order valence-corrected chi connectivity index (χ4v) is 11.3. The van der Waals surface area contributed by atoms with Crippen LogP contribution in [0.4, 0.5) is 17.1 Å². The van der Waals surface area contributed by atoms with Crippen LogP contribution >= 0.6 is 0 Å². The van der Waals surface area contributed by atoms with Crippen molar-refractivity contribution in [2.24, 2.45) is 0 Å². The number of ether oxygens (including phenoxy) is 1. The summed E-state index contributed by atoms with van der Waals surface area (Å²) in [6.07, 6.45) is 17.7. The molecule has 0 radical (unpaired) electrons. The Kier molecular flexibility index (Phi) is 18.1. The van der Waals surface area contributed by atoms with Crippen molar-refractivity contribution in [2.75, 3.05) is 70.8 Å². The number of amides is 2. The first-order valence-electron chi connectivity index (χ1n) is 26.2. The molecule has 408 valence electrons. The fourth-order valence-electron chi connectivity index (χ4n) is 10.2. The second kappa shape index (κ2) is 24.2. The quantitative estimate of drug-likeness (QED) is 0.0334. The molecule has 0 atom stereocenters. The molecule has 0 unspecified atom stereocenters. The Bertz CT molecular complexity index is 3320. The van der Waals surface area contributed by atoms with Crippen molar-refractivity contribution in [1.82, 2.24) is 10.6 Å². The number of likely N-dealkylation sites (N-methyl/N-ethyl adjacent to an activating group) is 1. The topological polar surface area (TPSA) is 189 Å². The lowest BCUT2D eigenvalue weighted by atomic mass is 9.81. The third kappa shape index (κ3) is 13.6. The van der Waals surface area contributed by atoms with Crippen LogP contribution < -0.4 is 25.2 Å². The highest BCUT2D eigenvalue weighted by molar-refractivity contribution is 7.86. The van der Waals surface area contributed by atoms with E-state index in [0.717, 1.165) is 86.2 Å². The number of benzene rings is 4. The molecule has 77 heavy (non-hydrogen) atoms. The van der Waals surface area contributed by atoms with E-state index in [1.165, 1.54) is 24.3 Å². The summed E-state index contributed by atoms with van der Waals surface area (Å²) in [6.45, 7) is 12.2. The summed E-state index contributed by atoms with van der Waals surface area (Å²) in [4.78, 5) is 29.3. The predicted molar refractivity (Wildman–Crippen MR) is 306 cm³/mol. The maximum atomic E-state index is 12.8. The number of hydrogen-bond donors (Lipinski definition) is 4. The number of hydrogen-bond acceptors (Lipinski definition) is 9. The largest absolute Gasteiger partial charge is 0.494 e. The molecule has 0 saturated carbocycles. The van der Waals surface area contributed by atoms with Crippen LogP contribution in [0.5, 0.6) is 5.75 Å². The minimum absolute atomic E-state index is 0.103. The summed E-state index contributed by atoms with van der Waals surface area (Å²) in [7, 11) is -0.739. The molecule has 3 aliphatic rings. The van der Waals surface area contributed by atoms with Gasteiger partial charge in [0, 0.05) is 105 Å². The number of nitrogens with zero attached hydrogens (tertiary/aromatic N) is 4. The molecule has 4 aromatic rings. The van der Waals surface area contributed by atoms with Crippen molar-refractivity contribution in [1.29, 1.82) is 0 Å². The second-order valence-corrected chi connectivity index (χ2v) is 23.8.